The van der Waals surface area contributed by atoms with E-state index in [4.69, 9.17) is 15.7 Å². The minimum Gasteiger partial charge on any atom is -0.369 e. The van der Waals surface area contributed by atoms with E-state index >= 15 is 0 Å². The minimum absolute atomic E-state index is 0.396. The van der Waals surface area contributed by atoms with Gasteiger partial charge in [0.15, 0.2) is 0 Å². The summed E-state index contributed by atoms with van der Waals surface area (Å²) in [6.45, 7) is 2.50. The molecule has 7 nitrogen and oxygen atoms in total. The van der Waals surface area contributed by atoms with Gasteiger partial charge in [-0.1, -0.05) is 42.5 Å². The Morgan fingerprint density at radius 1 is 1.00 bits per heavy atom. The van der Waals surface area contributed by atoms with Crippen molar-refractivity contribution in [2.45, 2.75) is 19.5 Å². The summed E-state index contributed by atoms with van der Waals surface area (Å²) < 4.78 is 1.83. The van der Waals surface area contributed by atoms with Crippen molar-refractivity contribution in [2.24, 2.45) is 0 Å². The summed E-state index contributed by atoms with van der Waals surface area (Å²) in [6.07, 6.45) is 0.883. The van der Waals surface area contributed by atoms with Gasteiger partial charge in [0.25, 0.3) is 0 Å². The van der Waals surface area contributed by atoms with Crippen LogP contribution in [0.1, 0.15) is 16.8 Å². The molecule has 0 amide bonds. The highest BCUT2D eigenvalue weighted by Crippen LogP contribution is 2.27. The lowest BCUT2D eigenvalue weighted by Gasteiger charge is -2.26. The van der Waals surface area contributed by atoms with E-state index in [1.807, 2.05) is 47.0 Å². The minimum atomic E-state index is 0.396. The van der Waals surface area contributed by atoms with Gasteiger partial charge in [-0.3, -0.25) is 0 Å². The number of imidazole rings is 1. The molecule has 1 aliphatic rings. The summed E-state index contributed by atoms with van der Waals surface area (Å²) >= 11 is 0. The molecule has 1 aliphatic heterocycles. The van der Waals surface area contributed by atoms with Gasteiger partial charge in [0.1, 0.15) is 5.82 Å². The molecule has 0 aliphatic carbocycles. The van der Waals surface area contributed by atoms with Crippen molar-refractivity contribution in [1.82, 2.24) is 24.4 Å². The number of benzene rings is 2. The van der Waals surface area contributed by atoms with Crippen LogP contribution in [0.4, 0.5) is 11.8 Å². The first-order valence-corrected chi connectivity index (χ1v) is 9.78. The monoisotopic (exact) mass is 385 g/mol. The van der Waals surface area contributed by atoms with Crippen LogP contribution in [0, 0.1) is 0 Å². The van der Waals surface area contributed by atoms with Crippen LogP contribution in [0.3, 0.4) is 0 Å². The Bertz CT molecular complexity index is 1170. The largest absolute Gasteiger partial charge is 0.369 e. The van der Waals surface area contributed by atoms with Gasteiger partial charge >= 0.3 is 0 Å². The molecule has 4 aromatic rings. The average molecular weight is 385 g/mol. The highest BCUT2D eigenvalue weighted by Gasteiger charge is 2.22. The third-order valence-corrected chi connectivity index (χ3v) is 5.33. The summed E-state index contributed by atoms with van der Waals surface area (Å²) in [7, 11) is 2.12. The van der Waals surface area contributed by atoms with E-state index in [1.54, 1.807) is 0 Å². The molecule has 146 valence electrons. The second-order valence-electron chi connectivity index (χ2n) is 7.42. The predicted molar refractivity (Wildman–Crippen MR) is 115 cm³/mol. The van der Waals surface area contributed by atoms with Crippen molar-refractivity contribution in [3.8, 4) is 5.95 Å². The van der Waals surface area contributed by atoms with E-state index in [0.29, 0.717) is 18.4 Å². The molecule has 3 N–H and O–H groups in total. The number of nitrogen functional groups attached to an aromatic ring is 1. The molecule has 0 fully saturated rings. The molecule has 29 heavy (non-hydrogen) atoms. The van der Waals surface area contributed by atoms with E-state index in [1.165, 1.54) is 5.56 Å². The number of fused-ring (bicyclic) bond motifs is 2. The topological polar surface area (TPSA) is 84.9 Å². The maximum absolute atomic E-state index is 6.24. The van der Waals surface area contributed by atoms with E-state index < -0.39 is 0 Å². The smallest absolute Gasteiger partial charge is 0.239 e. The molecule has 3 heterocycles. The molecular weight excluding hydrogens is 362 g/mol. The third-order valence-electron chi connectivity index (χ3n) is 5.33. The number of likely N-dealkylation sites (N-methyl/N-ethyl adjacent to an activating group) is 1. The molecule has 0 unspecified atom stereocenters. The van der Waals surface area contributed by atoms with Gasteiger partial charge < -0.3 is 16.0 Å². The summed E-state index contributed by atoms with van der Waals surface area (Å²) in [6, 6.07) is 18.2. The van der Waals surface area contributed by atoms with Gasteiger partial charge in [0.05, 0.1) is 16.7 Å². The zero-order chi connectivity index (χ0) is 19.8. The summed E-state index contributed by atoms with van der Waals surface area (Å²) in [5, 5.41) is 3.53. The molecule has 0 saturated carbocycles. The van der Waals surface area contributed by atoms with Crippen LogP contribution in [-0.4, -0.2) is 38.0 Å². The van der Waals surface area contributed by atoms with Gasteiger partial charge in [-0.05, 0) is 24.7 Å². The Balaban J connectivity index is 1.60. The average Bonchev–Trinajstić information content (AvgIpc) is 3.08. The number of nitrogens with one attached hydrogen (secondary N) is 1. The van der Waals surface area contributed by atoms with Crippen LogP contribution < -0.4 is 11.1 Å². The highest BCUT2D eigenvalue weighted by atomic mass is 15.3. The van der Waals surface area contributed by atoms with E-state index in [-0.39, 0.29) is 0 Å². The van der Waals surface area contributed by atoms with Gasteiger partial charge in [-0.15, -0.1) is 0 Å². The maximum atomic E-state index is 6.24. The highest BCUT2D eigenvalue weighted by molar-refractivity contribution is 5.80. The first-order valence-electron chi connectivity index (χ1n) is 9.78. The Labute approximate surface area is 169 Å². The van der Waals surface area contributed by atoms with Crippen LogP contribution in [0.2, 0.25) is 0 Å². The Morgan fingerprint density at radius 2 is 1.79 bits per heavy atom. The van der Waals surface area contributed by atoms with Gasteiger partial charge in [0, 0.05) is 31.6 Å². The molecule has 0 saturated heterocycles. The van der Waals surface area contributed by atoms with Gasteiger partial charge in [-0.25, -0.2) is 14.5 Å². The molecule has 0 bridgehead atoms. The quantitative estimate of drug-likeness (QED) is 0.562. The molecule has 2 aromatic heterocycles. The number of para-hydroxylation sites is 2. The van der Waals surface area contributed by atoms with E-state index in [0.717, 1.165) is 47.6 Å². The molecular formula is C22H23N7. The Kier molecular flexibility index (Phi) is 4.37. The summed E-state index contributed by atoms with van der Waals surface area (Å²) in [5.74, 6) is 1.82. The van der Waals surface area contributed by atoms with Crippen molar-refractivity contribution in [2.75, 3.05) is 24.6 Å². The van der Waals surface area contributed by atoms with Crippen molar-refractivity contribution < 1.29 is 0 Å². The van der Waals surface area contributed by atoms with Crippen LogP contribution in [0.5, 0.6) is 0 Å². The number of hydrogen-bond acceptors (Lipinski definition) is 6. The molecule has 0 atom stereocenters. The molecule has 7 heteroatoms. The van der Waals surface area contributed by atoms with Crippen LogP contribution in [0.25, 0.3) is 17.0 Å². The Morgan fingerprint density at radius 3 is 2.66 bits per heavy atom. The summed E-state index contributed by atoms with van der Waals surface area (Å²) in [4.78, 5) is 16.5. The number of hydrogen-bond donors (Lipinski definition) is 2. The van der Waals surface area contributed by atoms with Gasteiger partial charge in [-0.2, -0.15) is 4.98 Å². The lowest BCUT2D eigenvalue weighted by atomic mass is 10.1. The fraction of sp³-hybridized carbons (Fsp3) is 0.227. The van der Waals surface area contributed by atoms with E-state index in [2.05, 4.69) is 34.4 Å². The molecule has 0 radical (unpaired) electrons. The number of nitrogens with two attached hydrogens (primary N) is 1. The number of rotatable bonds is 4. The van der Waals surface area contributed by atoms with E-state index in [9.17, 15) is 0 Å². The SMILES string of the molecule is CN1CCc2nc(-n3c(N)nc4ccccc43)nc(NCc3ccccc3)c2C1. The Hall–Kier alpha value is -3.45. The van der Waals surface area contributed by atoms with Crippen molar-refractivity contribution >= 4 is 22.8 Å². The molecule has 2 aromatic carbocycles. The molecule has 0 spiro atoms. The zero-order valence-corrected chi connectivity index (χ0v) is 16.3. The van der Waals surface area contributed by atoms with Gasteiger partial charge in [0.2, 0.25) is 11.9 Å². The fourth-order valence-corrected chi connectivity index (χ4v) is 3.82. The third kappa shape index (κ3) is 3.30. The molecule has 5 rings (SSSR count). The second-order valence-corrected chi connectivity index (χ2v) is 7.42. The van der Waals surface area contributed by atoms with Crippen molar-refractivity contribution in [3.63, 3.8) is 0 Å². The number of aromatic nitrogens is 4. The number of nitrogens with zero attached hydrogens (tertiary/aromatic N) is 5. The lowest BCUT2D eigenvalue weighted by molar-refractivity contribution is 0.309. The lowest BCUT2D eigenvalue weighted by Crippen LogP contribution is -2.29. The summed E-state index contributed by atoms with van der Waals surface area (Å²) in [5.41, 5.74) is 11.4. The first kappa shape index (κ1) is 17.6. The second kappa shape index (κ2) is 7.18. The van der Waals surface area contributed by atoms with Crippen molar-refractivity contribution in [1.29, 1.82) is 0 Å². The fourth-order valence-electron chi connectivity index (χ4n) is 3.82. The predicted octanol–water partition coefficient (Wildman–Crippen LogP) is 3.00. The van der Waals surface area contributed by atoms with Crippen LogP contribution >= 0.6 is 0 Å². The zero-order valence-electron chi connectivity index (χ0n) is 16.3. The normalized spacial score (nSPS) is 14.1. The van der Waals surface area contributed by atoms with Crippen LogP contribution in [0.15, 0.2) is 54.6 Å². The van der Waals surface area contributed by atoms with Crippen molar-refractivity contribution in [3.05, 3.63) is 71.4 Å². The van der Waals surface area contributed by atoms with Crippen LogP contribution in [-0.2, 0) is 19.5 Å². The number of anilines is 2. The standard InChI is InChI=1S/C22H23N7/c1-28-12-11-17-16(14-28)20(24-13-15-7-3-2-4-8-15)27-22(26-17)29-19-10-6-5-9-18(19)25-21(29)23/h2-10H,11-14H2,1H3,(H2,23,25)(H,24,26,27). The maximum Gasteiger partial charge on any atom is 0.239 e. The first-order chi connectivity index (χ1) is 14.2.